The maximum atomic E-state index is 6.01. The number of aromatic nitrogens is 2. The first-order valence-electron chi connectivity index (χ1n) is 5.10. The molecule has 2 aromatic rings. The van der Waals surface area contributed by atoms with Crippen molar-refractivity contribution in [3.63, 3.8) is 0 Å². The summed E-state index contributed by atoms with van der Waals surface area (Å²) in [6.07, 6.45) is 0. The highest BCUT2D eigenvalue weighted by Gasteiger charge is 2.09. The van der Waals surface area contributed by atoms with E-state index in [4.69, 9.17) is 27.9 Å². The molecule has 1 heterocycles. The molecule has 2 rings (SSSR count). The van der Waals surface area contributed by atoms with Gasteiger partial charge < -0.3 is 10.1 Å². The van der Waals surface area contributed by atoms with Crippen LogP contribution in [0.25, 0.3) is 11.0 Å². The van der Waals surface area contributed by atoms with Crippen LogP contribution < -0.4 is 10.1 Å². The van der Waals surface area contributed by atoms with Gasteiger partial charge in [0.25, 0.3) is 0 Å². The van der Waals surface area contributed by atoms with Gasteiger partial charge in [-0.3, -0.25) is 0 Å². The van der Waals surface area contributed by atoms with Crippen LogP contribution in [-0.2, 0) is 0 Å². The van der Waals surface area contributed by atoms with Crippen molar-refractivity contribution in [1.29, 1.82) is 0 Å². The molecule has 90 valence electrons. The van der Waals surface area contributed by atoms with Crippen LogP contribution in [0, 0.1) is 0 Å². The van der Waals surface area contributed by atoms with Crippen LogP contribution in [0.3, 0.4) is 0 Å². The van der Waals surface area contributed by atoms with Crippen molar-refractivity contribution in [2.24, 2.45) is 0 Å². The first kappa shape index (κ1) is 12.2. The Morgan fingerprint density at radius 1 is 1.24 bits per heavy atom. The van der Waals surface area contributed by atoms with Crippen LogP contribution in [0.2, 0.25) is 10.2 Å². The van der Waals surface area contributed by atoms with E-state index < -0.39 is 0 Å². The number of nitrogens with one attached hydrogen (secondary N) is 1. The molecule has 0 spiro atoms. The fraction of sp³-hybridized carbons (Fsp3) is 0.273. The summed E-state index contributed by atoms with van der Waals surface area (Å²) in [6.45, 7) is 2.69. The standard InChI is InChI=1S/C11H11Cl2N3O/c1-3-14-11-10(13)15-7-4-6(12)9(17-2)5-8(7)16-11/h4-5H,3H2,1-2H3,(H,14,16). The third-order valence-electron chi connectivity index (χ3n) is 2.24. The molecule has 0 radical (unpaired) electrons. The Bertz CT molecular complexity index is 560. The quantitative estimate of drug-likeness (QED) is 0.930. The van der Waals surface area contributed by atoms with E-state index in [0.29, 0.717) is 32.8 Å². The minimum atomic E-state index is 0.334. The van der Waals surface area contributed by atoms with E-state index in [1.54, 1.807) is 19.2 Å². The summed E-state index contributed by atoms with van der Waals surface area (Å²) in [6, 6.07) is 3.42. The Morgan fingerprint density at radius 2 is 1.94 bits per heavy atom. The third kappa shape index (κ3) is 2.37. The lowest BCUT2D eigenvalue weighted by Crippen LogP contribution is -2.02. The van der Waals surface area contributed by atoms with Gasteiger partial charge in [-0.1, -0.05) is 23.2 Å². The number of rotatable bonds is 3. The van der Waals surface area contributed by atoms with Gasteiger partial charge in [-0.2, -0.15) is 0 Å². The highest BCUT2D eigenvalue weighted by atomic mass is 35.5. The molecule has 0 saturated heterocycles. The van der Waals surface area contributed by atoms with E-state index in [-0.39, 0.29) is 0 Å². The highest BCUT2D eigenvalue weighted by molar-refractivity contribution is 6.33. The van der Waals surface area contributed by atoms with E-state index in [9.17, 15) is 0 Å². The van der Waals surface area contributed by atoms with Crippen molar-refractivity contribution in [3.8, 4) is 5.75 Å². The average molecular weight is 272 g/mol. The molecule has 4 nitrogen and oxygen atoms in total. The lowest BCUT2D eigenvalue weighted by Gasteiger charge is -2.08. The molecule has 0 aliphatic carbocycles. The Labute approximate surface area is 109 Å². The molecular formula is C11H11Cl2N3O. The van der Waals surface area contributed by atoms with Crippen LogP contribution in [0.4, 0.5) is 5.82 Å². The zero-order valence-corrected chi connectivity index (χ0v) is 10.9. The first-order valence-corrected chi connectivity index (χ1v) is 5.86. The number of ether oxygens (including phenoxy) is 1. The zero-order valence-electron chi connectivity index (χ0n) is 9.42. The third-order valence-corrected chi connectivity index (χ3v) is 2.80. The van der Waals surface area contributed by atoms with Gasteiger partial charge in [0, 0.05) is 12.6 Å². The van der Waals surface area contributed by atoms with Crippen LogP contribution in [0.15, 0.2) is 12.1 Å². The highest BCUT2D eigenvalue weighted by Crippen LogP contribution is 2.30. The van der Waals surface area contributed by atoms with Crippen LogP contribution in [0.1, 0.15) is 6.92 Å². The largest absolute Gasteiger partial charge is 0.495 e. The van der Waals surface area contributed by atoms with Gasteiger partial charge in [-0.15, -0.1) is 0 Å². The second-order valence-electron chi connectivity index (χ2n) is 3.37. The van der Waals surface area contributed by atoms with Crippen LogP contribution >= 0.6 is 23.2 Å². The van der Waals surface area contributed by atoms with Crippen molar-refractivity contribution >= 4 is 40.1 Å². The van der Waals surface area contributed by atoms with Crippen molar-refractivity contribution < 1.29 is 4.74 Å². The van der Waals surface area contributed by atoms with Crippen molar-refractivity contribution in [2.75, 3.05) is 19.0 Å². The Hall–Kier alpha value is -1.26. The molecule has 6 heteroatoms. The molecule has 1 aromatic carbocycles. The van der Waals surface area contributed by atoms with Crippen molar-refractivity contribution in [2.45, 2.75) is 6.92 Å². The maximum absolute atomic E-state index is 6.01. The number of hydrogen-bond donors (Lipinski definition) is 1. The van der Waals surface area contributed by atoms with Gasteiger partial charge in [0.1, 0.15) is 5.75 Å². The SMILES string of the molecule is CCNc1nc2cc(OC)c(Cl)cc2nc1Cl. The number of hydrogen-bond acceptors (Lipinski definition) is 4. The van der Waals surface area contributed by atoms with Crippen LogP contribution in [-0.4, -0.2) is 23.6 Å². The molecule has 17 heavy (non-hydrogen) atoms. The van der Waals surface area contributed by atoms with E-state index in [2.05, 4.69) is 15.3 Å². The fourth-order valence-corrected chi connectivity index (χ4v) is 1.91. The number of anilines is 1. The van der Waals surface area contributed by atoms with Gasteiger partial charge >= 0.3 is 0 Å². The summed E-state index contributed by atoms with van der Waals surface area (Å²) < 4.78 is 5.13. The molecule has 0 aliphatic rings. The summed E-state index contributed by atoms with van der Waals surface area (Å²) in [7, 11) is 1.56. The lowest BCUT2D eigenvalue weighted by atomic mass is 10.3. The smallest absolute Gasteiger partial charge is 0.172 e. The van der Waals surface area contributed by atoms with E-state index >= 15 is 0 Å². The summed E-state index contributed by atoms with van der Waals surface area (Å²) in [5.41, 5.74) is 1.33. The number of benzene rings is 1. The Balaban J connectivity index is 2.62. The minimum Gasteiger partial charge on any atom is -0.495 e. The maximum Gasteiger partial charge on any atom is 0.172 e. The summed E-state index contributed by atoms with van der Waals surface area (Å²) in [4.78, 5) is 8.60. The number of halogens is 2. The number of fused-ring (bicyclic) bond motifs is 1. The second kappa shape index (κ2) is 4.94. The summed E-state index contributed by atoms with van der Waals surface area (Å²) >= 11 is 12.0. The van der Waals surface area contributed by atoms with Gasteiger partial charge in [0.15, 0.2) is 11.0 Å². The first-order chi connectivity index (χ1) is 8.15. The van der Waals surface area contributed by atoms with Gasteiger partial charge in [-0.25, -0.2) is 9.97 Å². The molecule has 0 aliphatic heterocycles. The summed E-state index contributed by atoms with van der Waals surface area (Å²) in [5.74, 6) is 1.13. The molecule has 0 amide bonds. The number of nitrogens with zero attached hydrogens (tertiary/aromatic N) is 2. The average Bonchev–Trinajstić information content (AvgIpc) is 2.30. The van der Waals surface area contributed by atoms with Crippen molar-refractivity contribution in [1.82, 2.24) is 9.97 Å². The lowest BCUT2D eigenvalue weighted by molar-refractivity contribution is 0.415. The summed E-state index contributed by atoms with van der Waals surface area (Å²) in [5, 5.41) is 3.86. The van der Waals surface area contributed by atoms with Crippen molar-refractivity contribution in [3.05, 3.63) is 22.3 Å². The van der Waals surface area contributed by atoms with Crippen LogP contribution in [0.5, 0.6) is 5.75 Å². The van der Waals surface area contributed by atoms with Gasteiger partial charge in [0.05, 0.1) is 23.2 Å². The molecular weight excluding hydrogens is 261 g/mol. The van der Waals surface area contributed by atoms with E-state index in [1.165, 1.54) is 0 Å². The van der Waals surface area contributed by atoms with Gasteiger partial charge in [-0.05, 0) is 13.0 Å². The molecule has 0 atom stereocenters. The Kier molecular flexibility index (Phi) is 3.54. The van der Waals surface area contributed by atoms with E-state index in [1.807, 2.05) is 6.92 Å². The predicted molar refractivity (Wildman–Crippen MR) is 70.3 cm³/mol. The van der Waals surface area contributed by atoms with E-state index in [0.717, 1.165) is 6.54 Å². The zero-order chi connectivity index (χ0) is 12.4. The molecule has 0 fully saturated rings. The topological polar surface area (TPSA) is 47.0 Å². The molecule has 1 N–H and O–H groups in total. The predicted octanol–water partition coefficient (Wildman–Crippen LogP) is 3.38. The molecule has 0 saturated carbocycles. The second-order valence-corrected chi connectivity index (χ2v) is 4.13. The molecule has 1 aromatic heterocycles. The fourth-order valence-electron chi connectivity index (χ4n) is 1.47. The minimum absolute atomic E-state index is 0.334. The van der Waals surface area contributed by atoms with Gasteiger partial charge in [0.2, 0.25) is 0 Å². The number of methoxy groups -OCH3 is 1. The Morgan fingerprint density at radius 3 is 2.59 bits per heavy atom. The monoisotopic (exact) mass is 271 g/mol. The molecule has 0 unspecified atom stereocenters. The molecule has 0 bridgehead atoms. The normalized spacial score (nSPS) is 10.6.